The first-order chi connectivity index (χ1) is 10.0. The zero-order valence-corrected chi connectivity index (χ0v) is 11.9. The lowest BCUT2D eigenvalue weighted by Gasteiger charge is -2.18. The van der Waals surface area contributed by atoms with Crippen LogP contribution in [-0.4, -0.2) is 34.6 Å². The van der Waals surface area contributed by atoms with E-state index in [9.17, 15) is 14.0 Å². The molecule has 2 heterocycles. The van der Waals surface area contributed by atoms with Crippen molar-refractivity contribution in [3.8, 4) is 0 Å². The second-order valence-electron chi connectivity index (χ2n) is 4.55. The van der Waals surface area contributed by atoms with E-state index in [4.69, 9.17) is 0 Å². The van der Waals surface area contributed by atoms with Crippen molar-refractivity contribution in [2.24, 2.45) is 5.10 Å². The summed E-state index contributed by atoms with van der Waals surface area (Å²) in [4.78, 5) is 27.6. The number of carbonyl (C=O) groups is 2. The Labute approximate surface area is 123 Å². The van der Waals surface area contributed by atoms with E-state index in [0.29, 0.717) is 21.8 Å². The summed E-state index contributed by atoms with van der Waals surface area (Å²) in [7, 11) is 1.51. The van der Waals surface area contributed by atoms with Gasteiger partial charge in [0.05, 0.1) is 10.2 Å². The van der Waals surface area contributed by atoms with Crippen LogP contribution in [0, 0.1) is 5.82 Å². The third-order valence-corrected chi connectivity index (χ3v) is 3.97. The highest BCUT2D eigenvalue weighted by Gasteiger charge is 2.22. The Morgan fingerprint density at radius 2 is 2.24 bits per heavy atom. The molecule has 0 atom stereocenters. The minimum atomic E-state index is -0.395. The largest absolute Gasteiger partial charge is 0.297 e. The molecule has 1 aliphatic heterocycles. The predicted molar refractivity (Wildman–Crippen MR) is 77.6 cm³/mol. The number of nitrogens with one attached hydrogen (secondary N) is 1. The Bertz CT molecular complexity index is 771. The van der Waals surface area contributed by atoms with E-state index in [1.54, 1.807) is 6.07 Å². The zero-order valence-electron chi connectivity index (χ0n) is 11.1. The van der Waals surface area contributed by atoms with Crippen LogP contribution in [0.1, 0.15) is 12.8 Å². The molecule has 1 N–H and O–H groups in total. The first-order valence-corrected chi connectivity index (χ1v) is 7.06. The third kappa shape index (κ3) is 2.75. The van der Waals surface area contributed by atoms with Crippen LogP contribution >= 0.6 is 11.3 Å². The van der Waals surface area contributed by atoms with Gasteiger partial charge in [0.25, 0.3) is 5.91 Å². The fourth-order valence-electron chi connectivity index (χ4n) is 1.95. The molecule has 6 nitrogen and oxygen atoms in total. The molecule has 1 aromatic carbocycles. The number of benzene rings is 1. The Kier molecular flexibility index (Phi) is 3.38. The van der Waals surface area contributed by atoms with Gasteiger partial charge in [-0.3, -0.25) is 14.9 Å². The zero-order chi connectivity index (χ0) is 15.0. The number of fused-ring (bicyclic) bond motifs is 1. The van der Waals surface area contributed by atoms with Crippen LogP contribution in [0.3, 0.4) is 0 Å². The number of amides is 2. The van der Waals surface area contributed by atoms with E-state index in [1.807, 2.05) is 0 Å². The van der Waals surface area contributed by atoms with Crippen molar-refractivity contribution in [3.05, 3.63) is 24.0 Å². The van der Waals surface area contributed by atoms with Crippen LogP contribution in [0.15, 0.2) is 23.3 Å². The molecule has 0 saturated heterocycles. The van der Waals surface area contributed by atoms with Crippen LogP contribution in [0.25, 0.3) is 10.2 Å². The van der Waals surface area contributed by atoms with Gasteiger partial charge in [0.2, 0.25) is 5.91 Å². The van der Waals surface area contributed by atoms with Gasteiger partial charge in [0.15, 0.2) is 5.13 Å². The van der Waals surface area contributed by atoms with Crippen molar-refractivity contribution in [2.75, 3.05) is 12.4 Å². The molecule has 21 heavy (non-hydrogen) atoms. The summed E-state index contributed by atoms with van der Waals surface area (Å²) >= 11 is 1.19. The molecule has 0 saturated carbocycles. The van der Waals surface area contributed by atoms with E-state index in [1.165, 1.54) is 30.5 Å². The second-order valence-corrected chi connectivity index (χ2v) is 5.58. The summed E-state index contributed by atoms with van der Waals surface area (Å²) in [6, 6.07) is 4.24. The average Bonchev–Trinajstić information content (AvgIpc) is 2.83. The topological polar surface area (TPSA) is 74.7 Å². The highest BCUT2D eigenvalue weighted by atomic mass is 32.1. The van der Waals surface area contributed by atoms with Gasteiger partial charge >= 0.3 is 0 Å². The lowest BCUT2D eigenvalue weighted by atomic mass is 10.1. The van der Waals surface area contributed by atoms with Crippen molar-refractivity contribution in [2.45, 2.75) is 12.8 Å². The smallest absolute Gasteiger partial charge is 0.273 e. The number of nitrogens with zero attached hydrogens (tertiary/aromatic N) is 3. The maximum Gasteiger partial charge on any atom is 0.273 e. The SMILES string of the molecule is CN1N=C(C(=O)Nc2nc3ccc(F)cc3s2)CCC1=O. The predicted octanol–water partition coefficient (Wildman–Crippen LogP) is 1.98. The molecular weight excluding hydrogens is 295 g/mol. The number of aromatic nitrogens is 1. The highest BCUT2D eigenvalue weighted by molar-refractivity contribution is 7.22. The van der Waals surface area contributed by atoms with Gasteiger partial charge in [-0.05, 0) is 18.2 Å². The molecule has 2 amide bonds. The highest BCUT2D eigenvalue weighted by Crippen LogP contribution is 2.26. The number of thiazole rings is 1. The quantitative estimate of drug-likeness (QED) is 0.922. The Morgan fingerprint density at radius 1 is 1.43 bits per heavy atom. The Balaban J connectivity index is 1.80. The monoisotopic (exact) mass is 306 g/mol. The van der Waals surface area contributed by atoms with E-state index in [2.05, 4.69) is 15.4 Å². The molecule has 0 fully saturated rings. The summed E-state index contributed by atoms with van der Waals surface area (Å²) in [5, 5.41) is 8.10. The van der Waals surface area contributed by atoms with Crippen LogP contribution in [0.2, 0.25) is 0 Å². The molecule has 1 aliphatic rings. The summed E-state index contributed by atoms with van der Waals surface area (Å²) in [5.41, 5.74) is 0.900. The molecule has 0 radical (unpaired) electrons. The molecule has 0 bridgehead atoms. The number of anilines is 1. The molecule has 3 rings (SSSR count). The Hall–Kier alpha value is -2.35. The normalized spacial score (nSPS) is 15.2. The molecular formula is C13H11FN4O2S. The van der Waals surface area contributed by atoms with Gasteiger partial charge in [-0.25, -0.2) is 14.4 Å². The first kappa shape index (κ1) is 13.6. The molecule has 0 aliphatic carbocycles. The number of hydrogen-bond donors (Lipinski definition) is 1. The lowest BCUT2D eigenvalue weighted by Crippen LogP contribution is -2.34. The molecule has 108 valence electrons. The summed E-state index contributed by atoms with van der Waals surface area (Å²) in [6.07, 6.45) is 0.558. The molecule has 0 spiro atoms. The molecule has 0 unspecified atom stereocenters. The number of halogens is 1. The number of carbonyl (C=O) groups excluding carboxylic acids is 2. The maximum atomic E-state index is 13.1. The van der Waals surface area contributed by atoms with Gasteiger partial charge in [-0.1, -0.05) is 11.3 Å². The van der Waals surface area contributed by atoms with Crippen molar-refractivity contribution in [1.82, 2.24) is 9.99 Å². The molecule has 1 aromatic heterocycles. The van der Waals surface area contributed by atoms with Gasteiger partial charge in [0, 0.05) is 19.9 Å². The fourth-order valence-corrected chi connectivity index (χ4v) is 2.84. The van der Waals surface area contributed by atoms with E-state index in [-0.39, 0.29) is 23.9 Å². The van der Waals surface area contributed by atoms with E-state index in [0.717, 1.165) is 5.01 Å². The first-order valence-electron chi connectivity index (χ1n) is 6.24. The maximum absolute atomic E-state index is 13.1. The van der Waals surface area contributed by atoms with Crippen LogP contribution in [-0.2, 0) is 9.59 Å². The van der Waals surface area contributed by atoms with Gasteiger partial charge in [-0.15, -0.1) is 0 Å². The van der Waals surface area contributed by atoms with E-state index >= 15 is 0 Å². The van der Waals surface area contributed by atoms with Crippen LogP contribution in [0.5, 0.6) is 0 Å². The summed E-state index contributed by atoms with van der Waals surface area (Å²) in [6.45, 7) is 0. The van der Waals surface area contributed by atoms with Gasteiger partial charge < -0.3 is 0 Å². The summed E-state index contributed by atoms with van der Waals surface area (Å²) in [5.74, 6) is -0.864. The number of hydrazone groups is 1. The third-order valence-electron chi connectivity index (χ3n) is 3.04. The van der Waals surface area contributed by atoms with Crippen LogP contribution in [0.4, 0.5) is 9.52 Å². The van der Waals surface area contributed by atoms with Crippen molar-refractivity contribution in [1.29, 1.82) is 0 Å². The summed E-state index contributed by atoms with van der Waals surface area (Å²) < 4.78 is 13.8. The van der Waals surface area contributed by atoms with Crippen molar-refractivity contribution < 1.29 is 14.0 Å². The van der Waals surface area contributed by atoms with Crippen molar-refractivity contribution in [3.63, 3.8) is 0 Å². The molecule has 2 aromatic rings. The average molecular weight is 306 g/mol. The second kappa shape index (κ2) is 5.21. The minimum absolute atomic E-state index is 0.123. The molecule has 8 heteroatoms. The number of rotatable bonds is 2. The van der Waals surface area contributed by atoms with E-state index < -0.39 is 5.91 Å². The standard InChI is InChI=1S/C13H11FN4O2S/c1-18-11(19)5-4-9(17-18)12(20)16-13-15-8-3-2-7(14)6-10(8)21-13/h2-3,6H,4-5H2,1H3,(H,15,16,20). The number of hydrogen-bond acceptors (Lipinski definition) is 5. The lowest BCUT2D eigenvalue weighted by molar-refractivity contribution is -0.130. The fraction of sp³-hybridized carbons (Fsp3) is 0.231. The Morgan fingerprint density at radius 3 is 3.00 bits per heavy atom. The van der Waals surface area contributed by atoms with Gasteiger partial charge in [0.1, 0.15) is 11.5 Å². The minimum Gasteiger partial charge on any atom is -0.297 e. The van der Waals surface area contributed by atoms with Crippen molar-refractivity contribution >= 4 is 44.2 Å². The van der Waals surface area contributed by atoms with Crippen LogP contribution < -0.4 is 5.32 Å². The van der Waals surface area contributed by atoms with Gasteiger partial charge in [-0.2, -0.15) is 5.10 Å².